The molecule has 0 aromatic heterocycles. The maximum atomic E-state index is 9.76. The molecule has 2 saturated heterocycles. The Bertz CT molecular complexity index is 384. The van der Waals surface area contributed by atoms with Crippen LogP contribution in [0.4, 0.5) is 0 Å². The summed E-state index contributed by atoms with van der Waals surface area (Å²) < 4.78 is 11.7. The van der Waals surface area contributed by atoms with Crippen LogP contribution in [0.2, 0.25) is 0 Å². The first-order valence-corrected chi connectivity index (χ1v) is 6.56. The topological polar surface area (TPSA) is 58.9 Å². The lowest BCUT2D eigenvalue weighted by molar-refractivity contribution is -0.148. The molecular formula is C15H20O4. The molecule has 104 valence electrons. The Morgan fingerprint density at radius 1 is 1.32 bits per heavy atom. The molecule has 0 aromatic carbocycles. The number of rotatable bonds is 6. The van der Waals surface area contributed by atoms with Crippen molar-refractivity contribution in [2.24, 2.45) is 0 Å². The fourth-order valence-corrected chi connectivity index (χ4v) is 2.66. The van der Waals surface area contributed by atoms with Gasteiger partial charge in [-0.3, -0.25) is 0 Å². The summed E-state index contributed by atoms with van der Waals surface area (Å²) >= 11 is 0. The lowest BCUT2D eigenvalue weighted by Crippen LogP contribution is -2.39. The SMILES string of the molecule is C#CC=CCC1OC2CC1OC2CC(O)C(O)C=C. The zero-order chi connectivity index (χ0) is 13.8. The first-order valence-electron chi connectivity index (χ1n) is 6.56. The summed E-state index contributed by atoms with van der Waals surface area (Å²) in [5.74, 6) is 2.44. The van der Waals surface area contributed by atoms with Crippen LogP contribution in [0.5, 0.6) is 0 Å². The molecule has 2 N–H and O–H groups in total. The second-order valence-electron chi connectivity index (χ2n) is 5.00. The Kier molecular flexibility index (Phi) is 4.78. The van der Waals surface area contributed by atoms with Gasteiger partial charge in [0.2, 0.25) is 0 Å². The molecule has 0 amide bonds. The third kappa shape index (κ3) is 3.26. The van der Waals surface area contributed by atoms with Crippen LogP contribution < -0.4 is 0 Å². The molecular weight excluding hydrogens is 244 g/mol. The van der Waals surface area contributed by atoms with E-state index in [0.717, 1.165) is 12.8 Å². The Morgan fingerprint density at radius 3 is 2.58 bits per heavy atom. The third-order valence-corrected chi connectivity index (χ3v) is 3.69. The van der Waals surface area contributed by atoms with Gasteiger partial charge in [0.1, 0.15) is 0 Å². The number of ether oxygens (including phenoxy) is 2. The van der Waals surface area contributed by atoms with E-state index in [4.69, 9.17) is 15.9 Å². The van der Waals surface area contributed by atoms with E-state index in [2.05, 4.69) is 12.5 Å². The van der Waals surface area contributed by atoms with Crippen molar-refractivity contribution >= 4 is 0 Å². The molecule has 0 aromatic rings. The smallest absolute Gasteiger partial charge is 0.0978 e. The van der Waals surface area contributed by atoms with E-state index in [1.165, 1.54) is 6.08 Å². The van der Waals surface area contributed by atoms with Crippen molar-refractivity contribution in [2.45, 2.75) is 55.9 Å². The summed E-state index contributed by atoms with van der Waals surface area (Å²) in [6.45, 7) is 3.45. The Balaban J connectivity index is 1.81. The van der Waals surface area contributed by atoms with Crippen LogP contribution in [0, 0.1) is 12.3 Å². The first kappa shape index (κ1) is 14.3. The van der Waals surface area contributed by atoms with Crippen molar-refractivity contribution in [1.82, 2.24) is 0 Å². The van der Waals surface area contributed by atoms with Crippen molar-refractivity contribution in [3.05, 3.63) is 24.8 Å². The highest BCUT2D eigenvalue weighted by molar-refractivity contribution is 5.10. The van der Waals surface area contributed by atoms with Crippen LogP contribution in [0.3, 0.4) is 0 Å². The van der Waals surface area contributed by atoms with Gasteiger partial charge in [-0.2, -0.15) is 0 Å². The number of terminal acetylenes is 1. The van der Waals surface area contributed by atoms with Gasteiger partial charge in [0.05, 0.1) is 36.6 Å². The Morgan fingerprint density at radius 2 is 2.00 bits per heavy atom. The zero-order valence-corrected chi connectivity index (χ0v) is 10.8. The highest BCUT2D eigenvalue weighted by Gasteiger charge is 2.48. The van der Waals surface area contributed by atoms with E-state index in [1.54, 1.807) is 6.08 Å². The van der Waals surface area contributed by atoms with Gasteiger partial charge in [0, 0.05) is 12.8 Å². The molecule has 2 heterocycles. The highest BCUT2D eigenvalue weighted by atomic mass is 16.6. The van der Waals surface area contributed by atoms with Crippen LogP contribution in [-0.2, 0) is 9.47 Å². The molecule has 4 heteroatoms. The zero-order valence-electron chi connectivity index (χ0n) is 10.8. The van der Waals surface area contributed by atoms with E-state index in [-0.39, 0.29) is 24.4 Å². The summed E-state index contributed by atoms with van der Waals surface area (Å²) in [5.41, 5.74) is 0. The van der Waals surface area contributed by atoms with Gasteiger partial charge < -0.3 is 19.7 Å². The van der Waals surface area contributed by atoms with Crippen molar-refractivity contribution < 1.29 is 19.7 Å². The van der Waals surface area contributed by atoms with E-state index >= 15 is 0 Å². The highest BCUT2D eigenvalue weighted by Crippen LogP contribution is 2.38. The standard InChI is InChI=1S/C15H20O4/c1-3-5-6-7-12-14-9-15(18-12)13(19-14)8-11(17)10(16)4-2/h1,4-6,10-17H,2,7-9H2. The fraction of sp³-hybridized carbons (Fsp3) is 0.600. The summed E-state index contributed by atoms with van der Waals surface area (Å²) in [6.07, 6.45) is 10.2. The summed E-state index contributed by atoms with van der Waals surface area (Å²) in [6, 6.07) is 0. The van der Waals surface area contributed by atoms with Crippen LogP contribution in [-0.4, -0.2) is 46.8 Å². The number of hydrogen-bond acceptors (Lipinski definition) is 4. The molecule has 2 rings (SSSR count). The number of aliphatic hydroxyl groups excluding tert-OH is 2. The van der Waals surface area contributed by atoms with Gasteiger partial charge >= 0.3 is 0 Å². The Labute approximate surface area is 113 Å². The van der Waals surface area contributed by atoms with Crippen molar-refractivity contribution in [1.29, 1.82) is 0 Å². The minimum Gasteiger partial charge on any atom is -0.390 e. The van der Waals surface area contributed by atoms with E-state index < -0.39 is 12.2 Å². The molecule has 2 fully saturated rings. The Hall–Kier alpha value is -1.12. The van der Waals surface area contributed by atoms with E-state index in [9.17, 15) is 10.2 Å². The van der Waals surface area contributed by atoms with Gasteiger partial charge in [0.25, 0.3) is 0 Å². The normalized spacial score (nSPS) is 36.3. The minimum absolute atomic E-state index is 0.000834. The quantitative estimate of drug-likeness (QED) is 0.550. The average Bonchev–Trinajstić information content (AvgIpc) is 2.97. The minimum atomic E-state index is -0.919. The number of hydrogen-bond donors (Lipinski definition) is 2. The predicted octanol–water partition coefficient (Wildman–Crippen LogP) is 0.789. The molecule has 2 bridgehead atoms. The van der Waals surface area contributed by atoms with Crippen molar-refractivity contribution in [3.8, 4) is 12.3 Å². The number of allylic oxidation sites excluding steroid dienone is 1. The van der Waals surface area contributed by atoms with Crippen LogP contribution in [0.15, 0.2) is 24.8 Å². The number of fused-ring (bicyclic) bond motifs is 2. The van der Waals surface area contributed by atoms with Gasteiger partial charge in [-0.1, -0.05) is 18.1 Å². The molecule has 0 spiro atoms. The largest absolute Gasteiger partial charge is 0.390 e. The molecule has 0 saturated carbocycles. The van der Waals surface area contributed by atoms with Gasteiger partial charge in [-0.15, -0.1) is 13.0 Å². The third-order valence-electron chi connectivity index (χ3n) is 3.69. The van der Waals surface area contributed by atoms with Crippen LogP contribution >= 0.6 is 0 Å². The monoisotopic (exact) mass is 264 g/mol. The fourth-order valence-electron chi connectivity index (χ4n) is 2.66. The summed E-state index contributed by atoms with van der Waals surface area (Å²) in [5, 5.41) is 19.2. The molecule has 2 aliphatic heterocycles. The second-order valence-corrected chi connectivity index (χ2v) is 5.00. The maximum Gasteiger partial charge on any atom is 0.0978 e. The molecule has 2 aliphatic rings. The first-order chi connectivity index (χ1) is 9.15. The molecule has 0 radical (unpaired) electrons. The van der Waals surface area contributed by atoms with Crippen LogP contribution in [0.1, 0.15) is 19.3 Å². The average molecular weight is 264 g/mol. The van der Waals surface area contributed by atoms with Gasteiger partial charge in [0.15, 0.2) is 0 Å². The molecule has 6 unspecified atom stereocenters. The molecule has 4 nitrogen and oxygen atoms in total. The van der Waals surface area contributed by atoms with Gasteiger partial charge in [-0.05, 0) is 12.5 Å². The number of aliphatic hydroxyl groups is 2. The van der Waals surface area contributed by atoms with Crippen LogP contribution in [0.25, 0.3) is 0 Å². The van der Waals surface area contributed by atoms with Crippen molar-refractivity contribution in [3.63, 3.8) is 0 Å². The molecule has 19 heavy (non-hydrogen) atoms. The molecule has 0 aliphatic carbocycles. The summed E-state index contributed by atoms with van der Waals surface area (Å²) in [4.78, 5) is 0. The second kappa shape index (κ2) is 6.36. The lowest BCUT2D eigenvalue weighted by Gasteiger charge is -2.30. The summed E-state index contributed by atoms with van der Waals surface area (Å²) in [7, 11) is 0. The van der Waals surface area contributed by atoms with Crippen molar-refractivity contribution in [2.75, 3.05) is 0 Å². The molecule has 6 atom stereocenters. The maximum absolute atomic E-state index is 9.76. The van der Waals surface area contributed by atoms with Gasteiger partial charge in [-0.25, -0.2) is 0 Å². The predicted molar refractivity (Wildman–Crippen MR) is 71.4 cm³/mol. The van der Waals surface area contributed by atoms with E-state index in [1.807, 2.05) is 6.08 Å². The lowest BCUT2D eigenvalue weighted by atomic mass is 10.0. The van der Waals surface area contributed by atoms with E-state index in [0.29, 0.717) is 6.42 Å².